The van der Waals surface area contributed by atoms with E-state index in [0.29, 0.717) is 25.9 Å². The first-order chi connectivity index (χ1) is 12.6. The molecule has 2 N–H and O–H groups in total. The minimum Gasteiger partial charge on any atom is -0.396 e. The van der Waals surface area contributed by atoms with Crippen molar-refractivity contribution in [3.8, 4) is 0 Å². The molecule has 1 spiro atoms. The van der Waals surface area contributed by atoms with Crippen LogP contribution >= 0.6 is 0 Å². The summed E-state index contributed by atoms with van der Waals surface area (Å²) in [6.45, 7) is 0.904. The van der Waals surface area contributed by atoms with Crippen LogP contribution in [0.25, 0.3) is 0 Å². The third-order valence-electron chi connectivity index (χ3n) is 6.27. The largest absolute Gasteiger partial charge is 0.396 e. The summed E-state index contributed by atoms with van der Waals surface area (Å²) in [4.78, 5) is 14.4. The van der Waals surface area contributed by atoms with Crippen molar-refractivity contribution in [2.45, 2.75) is 24.9 Å². The topological polar surface area (TPSA) is 78.6 Å². The molecule has 4 atom stereocenters. The van der Waals surface area contributed by atoms with Crippen LogP contribution < -0.4 is 0 Å². The Kier molecular flexibility index (Phi) is 4.32. The normalized spacial score (nSPS) is 30.1. The molecule has 1 aromatic carbocycles. The average Bonchev–Trinajstić information content (AvgIpc) is 2.89. The van der Waals surface area contributed by atoms with E-state index in [2.05, 4.69) is 5.10 Å². The predicted octanol–water partition coefficient (Wildman–Crippen LogP) is 0.948. The molecule has 1 aliphatic carbocycles. The van der Waals surface area contributed by atoms with Crippen LogP contribution in [0, 0.1) is 11.3 Å². The number of hydrogen-bond donors (Lipinski definition) is 2. The molecule has 1 amide bonds. The second kappa shape index (κ2) is 6.52. The molecule has 138 valence electrons. The first-order valence-electron chi connectivity index (χ1n) is 9.16. The highest BCUT2D eigenvalue weighted by molar-refractivity contribution is 5.77. The summed E-state index contributed by atoms with van der Waals surface area (Å²) >= 11 is 0. The zero-order valence-corrected chi connectivity index (χ0v) is 15.0. The van der Waals surface area contributed by atoms with Crippen molar-refractivity contribution in [2.75, 3.05) is 19.7 Å². The minimum absolute atomic E-state index is 0.00905. The first kappa shape index (κ1) is 17.2. The lowest BCUT2D eigenvalue weighted by Crippen LogP contribution is -2.30. The molecular weight excluding hydrogens is 330 g/mol. The quantitative estimate of drug-likeness (QED) is 0.837. The van der Waals surface area contributed by atoms with E-state index in [1.54, 1.807) is 15.8 Å². The van der Waals surface area contributed by atoms with Gasteiger partial charge in [0.05, 0.1) is 6.10 Å². The van der Waals surface area contributed by atoms with E-state index in [4.69, 9.17) is 0 Å². The number of benzene rings is 1. The van der Waals surface area contributed by atoms with Crippen molar-refractivity contribution in [2.24, 2.45) is 18.4 Å². The highest BCUT2D eigenvalue weighted by atomic mass is 16.3. The maximum atomic E-state index is 12.7. The zero-order valence-electron chi connectivity index (χ0n) is 15.0. The van der Waals surface area contributed by atoms with Crippen LogP contribution in [0.4, 0.5) is 0 Å². The number of carbonyl (C=O) groups is 1. The summed E-state index contributed by atoms with van der Waals surface area (Å²) < 4.78 is 1.78. The van der Waals surface area contributed by atoms with Gasteiger partial charge in [0.1, 0.15) is 0 Å². The van der Waals surface area contributed by atoms with Crippen LogP contribution in [0.15, 0.2) is 42.6 Å². The highest BCUT2D eigenvalue weighted by Crippen LogP contribution is 2.68. The fraction of sp³-hybridized carbons (Fsp3) is 0.500. The Hall–Kier alpha value is -2.18. The smallest absolute Gasteiger partial charge is 0.223 e. The highest BCUT2D eigenvalue weighted by Gasteiger charge is 2.71. The fourth-order valence-electron chi connectivity index (χ4n) is 4.80. The molecule has 1 aromatic heterocycles. The lowest BCUT2D eigenvalue weighted by Gasteiger charge is -2.17. The molecule has 2 aliphatic rings. The average molecular weight is 355 g/mol. The fourth-order valence-corrected chi connectivity index (χ4v) is 4.80. The molecule has 1 aliphatic heterocycles. The molecule has 0 radical (unpaired) electrons. The van der Waals surface area contributed by atoms with E-state index >= 15 is 0 Å². The molecule has 1 saturated carbocycles. The molecular formula is C20H25N3O3. The van der Waals surface area contributed by atoms with E-state index in [-0.39, 0.29) is 24.3 Å². The number of aromatic nitrogens is 2. The number of nitrogens with zero attached hydrogens (tertiary/aromatic N) is 3. The summed E-state index contributed by atoms with van der Waals surface area (Å²) in [5.74, 6) is 0.172. The predicted molar refractivity (Wildman–Crippen MR) is 96.3 cm³/mol. The Bertz CT molecular complexity index is 791. The van der Waals surface area contributed by atoms with Gasteiger partial charge in [0.15, 0.2) is 0 Å². The van der Waals surface area contributed by atoms with Gasteiger partial charge in [-0.25, -0.2) is 0 Å². The third kappa shape index (κ3) is 2.64. The molecule has 0 unspecified atom stereocenters. The van der Waals surface area contributed by atoms with Gasteiger partial charge < -0.3 is 15.1 Å². The molecule has 6 nitrogen and oxygen atoms in total. The molecule has 4 rings (SSSR count). The third-order valence-corrected chi connectivity index (χ3v) is 6.27. The van der Waals surface area contributed by atoms with Crippen LogP contribution in [0.3, 0.4) is 0 Å². The molecule has 2 aromatic rings. The standard InChI is InChI=1S/C20H25N3O3/c1-22-15(9-10-21-22)7-8-18(26)23-11-17(25)20(13-23)16(12-24)19(20)14-5-3-2-4-6-14/h2-6,9-10,16-17,19,24-25H,7-8,11-13H2,1H3/t16-,17+,19-,20-/m1/s1. The van der Waals surface area contributed by atoms with E-state index in [1.807, 2.05) is 43.4 Å². The van der Waals surface area contributed by atoms with Crippen molar-refractivity contribution in [1.29, 1.82) is 0 Å². The number of hydrogen-bond acceptors (Lipinski definition) is 4. The van der Waals surface area contributed by atoms with E-state index in [1.165, 1.54) is 0 Å². The molecule has 0 bridgehead atoms. The van der Waals surface area contributed by atoms with Gasteiger partial charge in [-0.2, -0.15) is 5.10 Å². The van der Waals surface area contributed by atoms with Crippen molar-refractivity contribution < 1.29 is 15.0 Å². The molecule has 2 heterocycles. The van der Waals surface area contributed by atoms with Crippen molar-refractivity contribution >= 4 is 5.91 Å². The SMILES string of the molecule is Cn1nccc1CCC(=O)N1C[C@H](O)[C@@]2(C1)[C@H](CO)[C@H]2c1ccccc1. The van der Waals surface area contributed by atoms with Gasteiger partial charge in [0, 0.05) is 50.5 Å². The summed E-state index contributed by atoms with van der Waals surface area (Å²) in [5.41, 5.74) is 1.75. The van der Waals surface area contributed by atoms with Gasteiger partial charge in [-0.3, -0.25) is 9.48 Å². The number of likely N-dealkylation sites (tertiary alicyclic amines) is 1. The van der Waals surface area contributed by atoms with Gasteiger partial charge in [0.25, 0.3) is 0 Å². The van der Waals surface area contributed by atoms with Crippen molar-refractivity contribution in [1.82, 2.24) is 14.7 Å². The molecule has 26 heavy (non-hydrogen) atoms. The van der Waals surface area contributed by atoms with Gasteiger partial charge in [-0.1, -0.05) is 30.3 Å². The van der Waals surface area contributed by atoms with Crippen LogP contribution in [-0.2, 0) is 18.3 Å². The number of carbonyl (C=O) groups excluding carboxylic acids is 1. The molecule has 2 fully saturated rings. The Morgan fingerprint density at radius 1 is 1.31 bits per heavy atom. The number of aryl methyl sites for hydroxylation is 2. The van der Waals surface area contributed by atoms with Gasteiger partial charge in [-0.15, -0.1) is 0 Å². The summed E-state index contributed by atoms with van der Waals surface area (Å²) in [7, 11) is 1.87. The molecule has 1 saturated heterocycles. The van der Waals surface area contributed by atoms with Crippen molar-refractivity contribution in [3.63, 3.8) is 0 Å². The van der Waals surface area contributed by atoms with Crippen molar-refractivity contribution in [3.05, 3.63) is 53.9 Å². The number of β-amino-alcohol motifs (C(OH)–C–C–N with tert-alkyl or cyclic N) is 1. The lowest BCUT2D eigenvalue weighted by atomic mass is 9.95. The monoisotopic (exact) mass is 355 g/mol. The summed E-state index contributed by atoms with van der Waals surface area (Å²) in [5, 5.41) is 24.7. The Balaban J connectivity index is 1.45. The summed E-state index contributed by atoms with van der Waals surface area (Å²) in [6.07, 6.45) is 2.18. The van der Waals surface area contributed by atoms with E-state index in [0.717, 1.165) is 11.3 Å². The van der Waals surface area contributed by atoms with Crippen LogP contribution in [-0.4, -0.2) is 56.6 Å². The first-order valence-corrected chi connectivity index (χ1v) is 9.16. The van der Waals surface area contributed by atoms with Gasteiger partial charge in [0.2, 0.25) is 5.91 Å². The Morgan fingerprint density at radius 3 is 2.73 bits per heavy atom. The Labute approximate surface area is 153 Å². The molecule has 6 heteroatoms. The van der Waals surface area contributed by atoms with Crippen LogP contribution in [0.5, 0.6) is 0 Å². The minimum atomic E-state index is -0.592. The van der Waals surface area contributed by atoms with E-state index < -0.39 is 11.5 Å². The lowest BCUT2D eigenvalue weighted by molar-refractivity contribution is -0.130. The number of rotatable bonds is 5. The van der Waals surface area contributed by atoms with Crippen LogP contribution in [0.1, 0.15) is 23.6 Å². The van der Waals surface area contributed by atoms with E-state index in [9.17, 15) is 15.0 Å². The summed E-state index contributed by atoms with van der Waals surface area (Å²) in [6, 6.07) is 11.9. The van der Waals surface area contributed by atoms with Crippen LogP contribution in [0.2, 0.25) is 0 Å². The maximum Gasteiger partial charge on any atom is 0.223 e. The number of aliphatic hydroxyl groups is 2. The second-order valence-corrected chi connectivity index (χ2v) is 7.53. The number of aliphatic hydroxyl groups excluding tert-OH is 2. The Morgan fingerprint density at radius 2 is 2.08 bits per heavy atom. The number of amides is 1. The van der Waals surface area contributed by atoms with Gasteiger partial charge in [-0.05, 0) is 29.9 Å². The van der Waals surface area contributed by atoms with Gasteiger partial charge >= 0.3 is 0 Å². The second-order valence-electron chi connectivity index (χ2n) is 7.53. The maximum absolute atomic E-state index is 12.7. The zero-order chi connectivity index (χ0) is 18.3.